The molecule has 0 atom stereocenters. The SMILES string of the molecule is Nc1[nH]ncc1S(=O)(=O)N1CC(=O)NC(=O)C1. The number of nitrogens with one attached hydrogen (secondary N) is 2. The number of hydrogen-bond donors (Lipinski definition) is 3. The molecule has 1 aromatic rings. The fraction of sp³-hybridized carbons (Fsp3) is 0.286. The second-order valence-corrected chi connectivity index (χ2v) is 5.30. The van der Waals surface area contributed by atoms with Crippen LogP contribution in [0, 0.1) is 0 Å². The Morgan fingerprint density at radius 3 is 2.35 bits per heavy atom. The van der Waals surface area contributed by atoms with Crippen LogP contribution in [0.4, 0.5) is 5.82 Å². The molecular formula is C7H9N5O4S. The first-order valence-corrected chi connectivity index (χ1v) is 5.97. The van der Waals surface area contributed by atoms with Gasteiger partial charge in [0.25, 0.3) is 0 Å². The maximum atomic E-state index is 12.0. The van der Waals surface area contributed by atoms with Gasteiger partial charge in [0, 0.05) is 0 Å². The van der Waals surface area contributed by atoms with E-state index in [0.29, 0.717) is 0 Å². The van der Waals surface area contributed by atoms with E-state index in [2.05, 4.69) is 10.2 Å². The van der Waals surface area contributed by atoms with Crippen LogP contribution in [0.1, 0.15) is 0 Å². The predicted octanol–water partition coefficient (Wildman–Crippen LogP) is -2.36. The van der Waals surface area contributed by atoms with Crippen molar-refractivity contribution < 1.29 is 18.0 Å². The lowest BCUT2D eigenvalue weighted by Gasteiger charge is -2.24. The Kier molecular flexibility index (Phi) is 2.59. The predicted molar refractivity (Wildman–Crippen MR) is 54.9 cm³/mol. The van der Waals surface area contributed by atoms with Crippen LogP contribution in [-0.4, -0.2) is 47.8 Å². The summed E-state index contributed by atoms with van der Waals surface area (Å²) in [7, 11) is -3.98. The zero-order chi connectivity index (χ0) is 12.6. The molecule has 2 rings (SSSR count). The first-order chi connectivity index (χ1) is 7.91. The van der Waals surface area contributed by atoms with Crippen molar-refractivity contribution in [2.75, 3.05) is 18.8 Å². The van der Waals surface area contributed by atoms with Crippen molar-refractivity contribution >= 4 is 27.7 Å². The molecule has 0 bridgehead atoms. The van der Waals surface area contributed by atoms with E-state index in [9.17, 15) is 18.0 Å². The van der Waals surface area contributed by atoms with E-state index in [0.717, 1.165) is 10.5 Å². The third-order valence-electron chi connectivity index (χ3n) is 2.17. The van der Waals surface area contributed by atoms with Gasteiger partial charge in [-0.15, -0.1) is 0 Å². The van der Waals surface area contributed by atoms with Gasteiger partial charge in [-0.2, -0.15) is 9.40 Å². The van der Waals surface area contributed by atoms with Gasteiger partial charge in [0.1, 0.15) is 10.7 Å². The van der Waals surface area contributed by atoms with Crippen LogP contribution in [0.25, 0.3) is 0 Å². The van der Waals surface area contributed by atoms with E-state index in [1.165, 1.54) is 0 Å². The molecule has 0 aliphatic carbocycles. The van der Waals surface area contributed by atoms with E-state index in [4.69, 9.17) is 5.73 Å². The van der Waals surface area contributed by atoms with Crippen molar-refractivity contribution in [1.82, 2.24) is 19.8 Å². The van der Waals surface area contributed by atoms with Crippen LogP contribution < -0.4 is 11.1 Å². The van der Waals surface area contributed by atoms with Crippen molar-refractivity contribution in [1.29, 1.82) is 0 Å². The average molecular weight is 259 g/mol. The number of imide groups is 1. The molecule has 1 aliphatic heterocycles. The fourth-order valence-corrected chi connectivity index (χ4v) is 2.77. The van der Waals surface area contributed by atoms with Crippen molar-refractivity contribution in [3.05, 3.63) is 6.20 Å². The Morgan fingerprint density at radius 2 is 1.88 bits per heavy atom. The van der Waals surface area contributed by atoms with Gasteiger partial charge in [-0.1, -0.05) is 0 Å². The molecule has 0 radical (unpaired) electrons. The molecule has 1 fully saturated rings. The summed E-state index contributed by atoms with van der Waals surface area (Å²) in [5.41, 5.74) is 5.39. The quantitative estimate of drug-likeness (QED) is 0.508. The highest BCUT2D eigenvalue weighted by atomic mass is 32.2. The maximum Gasteiger partial charge on any atom is 0.249 e. The number of H-pyrrole nitrogens is 1. The van der Waals surface area contributed by atoms with E-state index >= 15 is 0 Å². The summed E-state index contributed by atoms with van der Waals surface area (Å²) in [5.74, 6) is -1.48. The standard InChI is InChI=1S/C7H9N5O4S/c8-7-4(1-9-11-7)17(15,16)12-2-5(13)10-6(14)3-12/h1H,2-3H2,(H3,8,9,11)(H,10,13,14). The first-order valence-electron chi connectivity index (χ1n) is 4.53. The van der Waals surface area contributed by atoms with Gasteiger partial charge in [0.2, 0.25) is 21.8 Å². The highest BCUT2D eigenvalue weighted by Gasteiger charge is 2.34. The van der Waals surface area contributed by atoms with E-state index in [-0.39, 0.29) is 10.7 Å². The summed E-state index contributed by atoms with van der Waals surface area (Å²) < 4.78 is 24.8. The molecule has 1 aliphatic rings. The number of aromatic nitrogens is 2. The Balaban J connectivity index is 2.37. The van der Waals surface area contributed by atoms with Crippen LogP contribution >= 0.6 is 0 Å². The Bertz CT molecular complexity index is 561. The van der Waals surface area contributed by atoms with E-state index < -0.39 is 34.9 Å². The maximum absolute atomic E-state index is 12.0. The number of sulfonamides is 1. The molecule has 0 saturated carbocycles. The average Bonchev–Trinajstić information content (AvgIpc) is 2.63. The molecule has 9 nitrogen and oxygen atoms in total. The van der Waals surface area contributed by atoms with E-state index in [1.807, 2.05) is 5.32 Å². The minimum Gasteiger partial charge on any atom is -0.383 e. The summed E-state index contributed by atoms with van der Waals surface area (Å²) in [6, 6.07) is 0. The summed E-state index contributed by atoms with van der Waals surface area (Å²) in [5, 5.41) is 7.75. The number of rotatable bonds is 2. The minimum absolute atomic E-state index is 0.136. The number of carbonyl (C=O) groups excluding carboxylic acids is 2. The molecule has 0 aromatic carbocycles. The second kappa shape index (κ2) is 3.82. The summed E-state index contributed by atoms with van der Waals surface area (Å²) in [6.07, 6.45) is 1.03. The number of amides is 2. The first kappa shape index (κ1) is 11.5. The van der Waals surface area contributed by atoms with Gasteiger partial charge in [-0.25, -0.2) is 8.42 Å². The minimum atomic E-state index is -3.98. The summed E-state index contributed by atoms with van der Waals surface area (Å²) >= 11 is 0. The Labute approximate surface area is 96.0 Å². The number of nitrogen functional groups attached to an aromatic ring is 1. The number of aromatic amines is 1. The van der Waals surface area contributed by atoms with Gasteiger partial charge in [0.05, 0.1) is 19.3 Å². The molecular weight excluding hydrogens is 250 g/mol. The van der Waals surface area contributed by atoms with Crippen LogP contribution in [0.3, 0.4) is 0 Å². The van der Waals surface area contributed by atoms with Gasteiger partial charge in [-0.05, 0) is 0 Å². The lowest BCUT2D eigenvalue weighted by Crippen LogP contribution is -2.53. The monoisotopic (exact) mass is 259 g/mol. The third-order valence-corrected chi connectivity index (χ3v) is 3.99. The second-order valence-electron chi connectivity index (χ2n) is 3.39. The molecule has 10 heteroatoms. The van der Waals surface area contributed by atoms with Crippen LogP contribution in [0.15, 0.2) is 11.1 Å². The van der Waals surface area contributed by atoms with Crippen LogP contribution in [0.2, 0.25) is 0 Å². The smallest absolute Gasteiger partial charge is 0.249 e. The Hall–Kier alpha value is -1.94. The van der Waals surface area contributed by atoms with Crippen LogP contribution in [-0.2, 0) is 19.6 Å². The highest BCUT2D eigenvalue weighted by molar-refractivity contribution is 7.89. The summed E-state index contributed by atoms with van der Waals surface area (Å²) in [4.78, 5) is 21.9. The molecule has 0 spiro atoms. The van der Waals surface area contributed by atoms with Crippen molar-refractivity contribution in [3.8, 4) is 0 Å². The van der Waals surface area contributed by atoms with E-state index in [1.54, 1.807) is 0 Å². The molecule has 92 valence electrons. The lowest BCUT2D eigenvalue weighted by atomic mass is 10.4. The molecule has 1 saturated heterocycles. The summed E-state index contributed by atoms with van der Waals surface area (Å²) in [6.45, 7) is -0.836. The molecule has 17 heavy (non-hydrogen) atoms. The van der Waals surface area contributed by atoms with Gasteiger partial charge < -0.3 is 5.73 Å². The number of nitrogens with zero attached hydrogens (tertiary/aromatic N) is 2. The zero-order valence-corrected chi connectivity index (χ0v) is 9.32. The normalized spacial score (nSPS) is 18.1. The number of hydrogen-bond acceptors (Lipinski definition) is 6. The van der Waals surface area contributed by atoms with Gasteiger partial charge in [0.15, 0.2) is 0 Å². The fourth-order valence-electron chi connectivity index (χ4n) is 1.41. The largest absolute Gasteiger partial charge is 0.383 e. The molecule has 0 unspecified atom stereocenters. The molecule has 2 amide bonds. The van der Waals surface area contributed by atoms with Crippen molar-refractivity contribution in [3.63, 3.8) is 0 Å². The van der Waals surface area contributed by atoms with Gasteiger partial charge >= 0.3 is 0 Å². The van der Waals surface area contributed by atoms with Crippen molar-refractivity contribution in [2.45, 2.75) is 4.90 Å². The number of nitrogens with two attached hydrogens (primary N) is 1. The van der Waals surface area contributed by atoms with Crippen LogP contribution in [0.5, 0.6) is 0 Å². The molecule has 2 heterocycles. The topological polar surface area (TPSA) is 138 Å². The lowest BCUT2D eigenvalue weighted by molar-refractivity contribution is -0.134. The molecule has 1 aromatic heterocycles. The third kappa shape index (κ3) is 1.99. The Morgan fingerprint density at radius 1 is 1.29 bits per heavy atom. The number of anilines is 1. The zero-order valence-electron chi connectivity index (χ0n) is 8.50. The van der Waals surface area contributed by atoms with Crippen molar-refractivity contribution in [2.24, 2.45) is 0 Å². The highest BCUT2D eigenvalue weighted by Crippen LogP contribution is 2.20. The number of piperazine rings is 1. The molecule has 4 N–H and O–H groups in total. The number of carbonyl (C=O) groups is 2. The van der Waals surface area contributed by atoms with Gasteiger partial charge in [-0.3, -0.25) is 20.0 Å².